The van der Waals surface area contributed by atoms with Gasteiger partial charge in [0, 0.05) is 11.7 Å². The molecule has 2 atom stereocenters. The van der Waals surface area contributed by atoms with Crippen molar-refractivity contribution < 1.29 is 14.3 Å². The van der Waals surface area contributed by atoms with Crippen LogP contribution in [0, 0.1) is 5.92 Å². The fourth-order valence-corrected chi connectivity index (χ4v) is 2.66. The maximum absolute atomic E-state index is 12.0. The number of ether oxygens (including phenoxy) is 1. The van der Waals surface area contributed by atoms with Crippen LogP contribution in [0.2, 0.25) is 0 Å². The van der Waals surface area contributed by atoms with Gasteiger partial charge in [-0.05, 0) is 43.0 Å². The first kappa shape index (κ1) is 16.1. The summed E-state index contributed by atoms with van der Waals surface area (Å²) >= 11 is 0. The standard InChI is InChI=1S/C16H23N3O3/c1-11-4-2-3-5-14(11)19-16(21)18-12-6-8-13(9-7-12)22-10-15(17)20/h6-9,11,14H,2-5,10H2,1H3,(H2,17,20)(H2,18,19,21). The van der Waals surface area contributed by atoms with Gasteiger partial charge in [0.15, 0.2) is 6.61 Å². The minimum absolute atomic E-state index is 0.160. The second-order valence-electron chi connectivity index (χ2n) is 5.75. The van der Waals surface area contributed by atoms with Crippen LogP contribution < -0.4 is 21.1 Å². The van der Waals surface area contributed by atoms with Gasteiger partial charge in [-0.25, -0.2) is 4.79 Å². The fourth-order valence-electron chi connectivity index (χ4n) is 2.66. The van der Waals surface area contributed by atoms with Gasteiger partial charge in [0.2, 0.25) is 0 Å². The molecule has 1 aromatic carbocycles. The normalized spacial score (nSPS) is 21.0. The number of hydrogen-bond acceptors (Lipinski definition) is 3. The Balaban J connectivity index is 1.82. The summed E-state index contributed by atoms with van der Waals surface area (Å²) in [7, 11) is 0. The maximum Gasteiger partial charge on any atom is 0.319 e. The number of benzene rings is 1. The highest BCUT2D eigenvalue weighted by molar-refractivity contribution is 5.89. The van der Waals surface area contributed by atoms with Crippen molar-refractivity contribution in [3.05, 3.63) is 24.3 Å². The highest BCUT2D eigenvalue weighted by atomic mass is 16.5. The summed E-state index contributed by atoms with van der Waals surface area (Å²) in [4.78, 5) is 22.6. The number of anilines is 1. The predicted octanol–water partition coefficient (Wildman–Crippen LogP) is 2.25. The highest BCUT2D eigenvalue weighted by Crippen LogP contribution is 2.23. The molecular formula is C16H23N3O3. The van der Waals surface area contributed by atoms with Crippen molar-refractivity contribution in [2.24, 2.45) is 11.7 Å². The third kappa shape index (κ3) is 4.95. The molecule has 0 aromatic heterocycles. The number of carbonyl (C=O) groups excluding carboxylic acids is 2. The highest BCUT2D eigenvalue weighted by Gasteiger charge is 2.22. The van der Waals surface area contributed by atoms with Crippen LogP contribution in [0.1, 0.15) is 32.6 Å². The topological polar surface area (TPSA) is 93.4 Å². The largest absolute Gasteiger partial charge is 0.484 e. The van der Waals surface area contributed by atoms with E-state index in [-0.39, 0.29) is 18.7 Å². The molecule has 22 heavy (non-hydrogen) atoms. The van der Waals surface area contributed by atoms with Gasteiger partial charge < -0.3 is 21.1 Å². The van der Waals surface area contributed by atoms with Gasteiger partial charge in [0.25, 0.3) is 5.91 Å². The van der Waals surface area contributed by atoms with E-state index in [1.165, 1.54) is 12.8 Å². The van der Waals surface area contributed by atoms with Gasteiger partial charge in [-0.15, -0.1) is 0 Å². The number of rotatable bonds is 5. The van der Waals surface area contributed by atoms with Crippen LogP contribution in [-0.4, -0.2) is 24.6 Å². The van der Waals surface area contributed by atoms with E-state index in [0.717, 1.165) is 12.8 Å². The lowest BCUT2D eigenvalue weighted by molar-refractivity contribution is -0.119. The molecule has 2 unspecified atom stereocenters. The molecule has 1 aliphatic carbocycles. The number of primary amides is 1. The van der Waals surface area contributed by atoms with Crippen molar-refractivity contribution in [2.45, 2.75) is 38.6 Å². The molecule has 0 spiro atoms. The van der Waals surface area contributed by atoms with Crippen LogP contribution in [0.4, 0.5) is 10.5 Å². The quantitative estimate of drug-likeness (QED) is 0.779. The van der Waals surface area contributed by atoms with Crippen LogP contribution in [0.15, 0.2) is 24.3 Å². The minimum Gasteiger partial charge on any atom is -0.484 e. The number of nitrogens with two attached hydrogens (primary N) is 1. The van der Waals surface area contributed by atoms with Gasteiger partial charge >= 0.3 is 6.03 Å². The van der Waals surface area contributed by atoms with Gasteiger partial charge in [-0.2, -0.15) is 0 Å². The van der Waals surface area contributed by atoms with Crippen LogP contribution in [0.25, 0.3) is 0 Å². The van der Waals surface area contributed by atoms with Gasteiger partial charge in [-0.3, -0.25) is 4.79 Å². The molecule has 1 fully saturated rings. The predicted molar refractivity (Wildman–Crippen MR) is 84.7 cm³/mol. The van der Waals surface area contributed by atoms with Crippen molar-refractivity contribution in [1.82, 2.24) is 5.32 Å². The summed E-state index contributed by atoms with van der Waals surface area (Å²) < 4.78 is 5.16. The van der Waals surface area contributed by atoms with Crippen molar-refractivity contribution in [2.75, 3.05) is 11.9 Å². The lowest BCUT2D eigenvalue weighted by Gasteiger charge is -2.29. The smallest absolute Gasteiger partial charge is 0.319 e. The minimum atomic E-state index is -0.525. The third-order valence-electron chi connectivity index (χ3n) is 3.92. The number of urea groups is 1. The van der Waals surface area contributed by atoms with Crippen LogP contribution in [0.5, 0.6) is 5.75 Å². The molecule has 6 nitrogen and oxygen atoms in total. The first-order valence-corrected chi connectivity index (χ1v) is 7.63. The van der Waals surface area contributed by atoms with E-state index in [2.05, 4.69) is 17.6 Å². The molecular weight excluding hydrogens is 282 g/mol. The molecule has 3 amide bonds. The molecule has 0 radical (unpaired) electrons. The molecule has 4 N–H and O–H groups in total. The van der Waals surface area contributed by atoms with E-state index in [0.29, 0.717) is 17.4 Å². The molecule has 0 saturated heterocycles. The zero-order valence-corrected chi connectivity index (χ0v) is 12.8. The zero-order chi connectivity index (χ0) is 15.9. The molecule has 0 aliphatic heterocycles. The Bertz CT molecular complexity index is 516. The summed E-state index contributed by atoms with van der Waals surface area (Å²) in [5.74, 6) is 0.526. The summed E-state index contributed by atoms with van der Waals surface area (Å²) in [5, 5.41) is 5.83. The Hall–Kier alpha value is -2.24. The van der Waals surface area contributed by atoms with Crippen molar-refractivity contribution in [3.63, 3.8) is 0 Å². The Morgan fingerprint density at radius 3 is 2.55 bits per heavy atom. The molecule has 0 heterocycles. The molecule has 2 rings (SSSR count). The van der Waals surface area contributed by atoms with E-state index >= 15 is 0 Å². The van der Waals surface area contributed by atoms with Crippen LogP contribution in [-0.2, 0) is 4.79 Å². The van der Waals surface area contributed by atoms with Crippen molar-refractivity contribution in [3.8, 4) is 5.75 Å². The molecule has 1 saturated carbocycles. The Labute approximate surface area is 130 Å². The fraction of sp³-hybridized carbons (Fsp3) is 0.500. The SMILES string of the molecule is CC1CCCCC1NC(=O)Nc1ccc(OCC(N)=O)cc1. The Morgan fingerprint density at radius 2 is 1.91 bits per heavy atom. The molecule has 1 aliphatic rings. The number of amides is 3. The van der Waals surface area contributed by atoms with Crippen LogP contribution >= 0.6 is 0 Å². The van der Waals surface area contributed by atoms with Crippen molar-refractivity contribution >= 4 is 17.6 Å². The number of nitrogens with one attached hydrogen (secondary N) is 2. The Kier molecular flexibility index (Phi) is 5.63. The molecule has 6 heteroatoms. The molecule has 120 valence electrons. The summed E-state index contributed by atoms with van der Waals surface area (Å²) in [5.41, 5.74) is 5.68. The van der Waals surface area contributed by atoms with E-state index in [1.54, 1.807) is 24.3 Å². The monoisotopic (exact) mass is 305 g/mol. The summed E-state index contributed by atoms with van der Waals surface area (Å²) in [6.45, 7) is 2.02. The second kappa shape index (κ2) is 7.68. The van der Waals surface area contributed by atoms with E-state index < -0.39 is 5.91 Å². The number of hydrogen-bond donors (Lipinski definition) is 3. The molecule has 1 aromatic rings. The van der Waals surface area contributed by atoms with Crippen LogP contribution in [0.3, 0.4) is 0 Å². The third-order valence-corrected chi connectivity index (χ3v) is 3.92. The van der Waals surface area contributed by atoms with E-state index in [4.69, 9.17) is 10.5 Å². The van der Waals surface area contributed by atoms with Gasteiger partial charge in [-0.1, -0.05) is 19.8 Å². The van der Waals surface area contributed by atoms with E-state index in [1.807, 2.05) is 0 Å². The summed E-state index contributed by atoms with van der Waals surface area (Å²) in [6, 6.07) is 6.86. The zero-order valence-electron chi connectivity index (χ0n) is 12.8. The first-order valence-electron chi connectivity index (χ1n) is 7.63. The van der Waals surface area contributed by atoms with E-state index in [9.17, 15) is 9.59 Å². The first-order chi connectivity index (χ1) is 10.5. The lowest BCUT2D eigenvalue weighted by Crippen LogP contribution is -2.43. The maximum atomic E-state index is 12.0. The van der Waals surface area contributed by atoms with Crippen molar-refractivity contribution in [1.29, 1.82) is 0 Å². The van der Waals surface area contributed by atoms with Gasteiger partial charge in [0.1, 0.15) is 5.75 Å². The lowest BCUT2D eigenvalue weighted by atomic mass is 9.86. The summed E-state index contributed by atoms with van der Waals surface area (Å²) in [6.07, 6.45) is 4.61. The average Bonchev–Trinajstić information content (AvgIpc) is 2.49. The average molecular weight is 305 g/mol. The molecule has 0 bridgehead atoms. The second-order valence-corrected chi connectivity index (χ2v) is 5.75. The number of carbonyl (C=O) groups is 2. The van der Waals surface area contributed by atoms with Gasteiger partial charge in [0.05, 0.1) is 0 Å². The Morgan fingerprint density at radius 1 is 1.23 bits per heavy atom.